The highest BCUT2D eigenvalue weighted by molar-refractivity contribution is 6.37. The quantitative estimate of drug-likeness (QED) is 0.614. The van der Waals surface area contributed by atoms with Gasteiger partial charge in [-0.1, -0.05) is 34.8 Å². The van der Waals surface area contributed by atoms with Crippen molar-refractivity contribution >= 4 is 40.5 Å². The molecule has 0 bridgehead atoms. The molecular formula is C19H22Cl3F3N4O. The van der Waals surface area contributed by atoms with Gasteiger partial charge in [0, 0.05) is 25.2 Å². The summed E-state index contributed by atoms with van der Waals surface area (Å²) in [5, 5.41) is 4.24. The predicted molar refractivity (Wildman–Crippen MR) is 113 cm³/mol. The van der Waals surface area contributed by atoms with Crippen molar-refractivity contribution in [1.82, 2.24) is 9.78 Å². The van der Waals surface area contributed by atoms with E-state index in [4.69, 9.17) is 45.3 Å². The Bertz CT molecular complexity index is 911. The Morgan fingerprint density at radius 1 is 1.20 bits per heavy atom. The summed E-state index contributed by atoms with van der Waals surface area (Å²) < 4.78 is 45.6. The topological polar surface area (TPSA) is 56.3 Å². The van der Waals surface area contributed by atoms with Crippen LogP contribution >= 0.6 is 34.8 Å². The van der Waals surface area contributed by atoms with Gasteiger partial charge in [-0.05, 0) is 31.7 Å². The van der Waals surface area contributed by atoms with E-state index in [1.165, 1.54) is 18.7 Å². The van der Waals surface area contributed by atoms with Gasteiger partial charge in [0.2, 0.25) is 0 Å². The van der Waals surface area contributed by atoms with Crippen LogP contribution in [0.1, 0.15) is 24.2 Å². The van der Waals surface area contributed by atoms with Crippen molar-refractivity contribution < 1.29 is 17.9 Å². The van der Waals surface area contributed by atoms with Crippen molar-refractivity contribution in [1.29, 1.82) is 0 Å². The lowest BCUT2D eigenvalue weighted by Gasteiger charge is -2.36. The first-order chi connectivity index (χ1) is 14.0. The number of rotatable bonds is 5. The summed E-state index contributed by atoms with van der Waals surface area (Å²) in [6, 6.07) is 3.11. The molecule has 2 aromatic rings. The number of anilines is 1. The van der Waals surface area contributed by atoms with E-state index in [1.54, 1.807) is 12.1 Å². The van der Waals surface area contributed by atoms with Gasteiger partial charge in [0.05, 0.1) is 40.1 Å². The molecule has 0 amide bonds. The van der Waals surface area contributed by atoms with Gasteiger partial charge in [-0.2, -0.15) is 18.3 Å². The predicted octanol–water partition coefficient (Wildman–Crippen LogP) is 5.42. The van der Waals surface area contributed by atoms with E-state index in [0.717, 1.165) is 18.5 Å². The van der Waals surface area contributed by atoms with Crippen LogP contribution in [0.25, 0.3) is 0 Å². The molecule has 0 radical (unpaired) electrons. The molecule has 11 heteroatoms. The molecule has 1 aliphatic heterocycles. The van der Waals surface area contributed by atoms with Crippen molar-refractivity contribution in [3.8, 4) is 5.75 Å². The number of alkyl halides is 3. The van der Waals surface area contributed by atoms with E-state index in [1.807, 2.05) is 0 Å². The molecular weight excluding hydrogens is 464 g/mol. The van der Waals surface area contributed by atoms with E-state index in [-0.39, 0.29) is 29.2 Å². The fourth-order valence-electron chi connectivity index (χ4n) is 3.72. The lowest BCUT2D eigenvalue weighted by Crippen LogP contribution is -2.43. The maximum atomic E-state index is 13.0. The normalized spacial score (nSPS) is 16.8. The van der Waals surface area contributed by atoms with Gasteiger partial charge >= 0.3 is 6.18 Å². The molecule has 5 nitrogen and oxygen atoms in total. The van der Waals surface area contributed by atoms with Crippen molar-refractivity contribution in [3.05, 3.63) is 38.6 Å². The molecule has 1 aromatic heterocycles. The second kappa shape index (κ2) is 9.02. The number of benzene rings is 1. The Balaban J connectivity index is 1.66. The number of hydrogen-bond acceptors (Lipinski definition) is 4. The molecule has 166 valence electrons. The number of hydrogen-bond donors (Lipinski definition) is 1. The largest absolute Gasteiger partial charge is 0.495 e. The SMILES string of the molecule is COc1cc(N2CCC(C(N)Cn3nc(C(F)(F)F)c(Cl)c3C)CC2)c(Cl)cc1Cl. The summed E-state index contributed by atoms with van der Waals surface area (Å²) in [5.41, 5.74) is 6.35. The average molecular weight is 486 g/mol. The fourth-order valence-corrected chi connectivity index (χ4v) is 4.54. The minimum absolute atomic E-state index is 0.130. The fraction of sp³-hybridized carbons (Fsp3) is 0.526. The van der Waals surface area contributed by atoms with Crippen molar-refractivity contribution in [2.45, 2.75) is 38.5 Å². The Morgan fingerprint density at radius 2 is 1.83 bits per heavy atom. The summed E-state index contributed by atoms with van der Waals surface area (Å²) >= 11 is 18.3. The lowest BCUT2D eigenvalue weighted by molar-refractivity contribution is -0.141. The summed E-state index contributed by atoms with van der Waals surface area (Å²) in [6.45, 7) is 3.09. The smallest absolute Gasteiger partial charge is 0.436 e. The zero-order chi connectivity index (χ0) is 22.2. The van der Waals surface area contributed by atoms with Gasteiger partial charge in [0.1, 0.15) is 5.75 Å². The van der Waals surface area contributed by atoms with E-state index < -0.39 is 11.9 Å². The van der Waals surface area contributed by atoms with Crippen molar-refractivity contribution in [3.63, 3.8) is 0 Å². The van der Waals surface area contributed by atoms with E-state index in [9.17, 15) is 13.2 Å². The molecule has 1 fully saturated rings. The zero-order valence-corrected chi connectivity index (χ0v) is 18.7. The molecule has 2 N–H and O–H groups in total. The van der Waals surface area contributed by atoms with Gasteiger partial charge in [-0.15, -0.1) is 0 Å². The highest BCUT2D eigenvalue weighted by Gasteiger charge is 2.38. The third-order valence-corrected chi connectivity index (χ3v) is 6.54. The molecule has 1 atom stereocenters. The maximum absolute atomic E-state index is 13.0. The van der Waals surface area contributed by atoms with E-state index >= 15 is 0 Å². The number of halogens is 6. The van der Waals surface area contributed by atoms with Crippen LogP contribution < -0.4 is 15.4 Å². The first-order valence-electron chi connectivity index (χ1n) is 9.36. The van der Waals surface area contributed by atoms with Gasteiger partial charge in [-0.25, -0.2) is 0 Å². The molecule has 1 unspecified atom stereocenters. The molecule has 1 saturated heterocycles. The van der Waals surface area contributed by atoms with Crippen LogP contribution in [-0.4, -0.2) is 36.0 Å². The summed E-state index contributed by atoms with van der Waals surface area (Å²) in [7, 11) is 1.54. The van der Waals surface area contributed by atoms with E-state index in [0.29, 0.717) is 28.9 Å². The highest BCUT2D eigenvalue weighted by atomic mass is 35.5. The minimum atomic E-state index is -4.60. The van der Waals surface area contributed by atoms with Crippen LogP contribution in [0, 0.1) is 12.8 Å². The lowest BCUT2D eigenvalue weighted by atomic mass is 9.89. The zero-order valence-electron chi connectivity index (χ0n) is 16.4. The first-order valence-corrected chi connectivity index (χ1v) is 10.5. The molecule has 1 aromatic carbocycles. The van der Waals surface area contributed by atoms with Gasteiger partial charge in [-0.3, -0.25) is 4.68 Å². The molecule has 30 heavy (non-hydrogen) atoms. The third kappa shape index (κ3) is 4.77. The second-order valence-corrected chi connectivity index (χ2v) is 8.55. The number of nitrogens with zero attached hydrogens (tertiary/aromatic N) is 3. The Labute approximate surface area is 187 Å². The number of piperidine rings is 1. The summed E-state index contributed by atoms with van der Waals surface area (Å²) in [4.78, 5) is 2.13. The second-order valence-electron chi connectivity index (χ2n) is 7.35. The van der Waals surface area contributed by atoms with Gasteiger partial charge in [0.15, 0.2) is 5.69 Å². The number of aromatic nitrogens is 2. The van der Waals surface area contributed by atoms with Crippen LogP contribution in [0.15, 0.2) is 12.1 Å². The number of methoxy groups -OCH3 is 1. The Hall–Kier alpha value is -1.35. The average Bonchev–Trinajstić information content (AvgIpc) is 2.97. The molecule has 0 spiro atoms. The monoisotopic (exact) mass is 484 g/mol. The number of nitrogens with two attached hydrogens (primary N) is 1. The van der Waals surface area contributed by atoms with Crippen LogP contribution in [-0.2, 0) is 12.7 Å². The van der Waals surface area contributed by atoms with Crippen LogP contribution in [0.2, 0.25) is 15.1 Å². The molecule has 3 rings (SSSR count). The minimum Gasteiger partial charge on any atom is -0.495 e. The van der Waals surface area contributed by atoms with Gasteiger partial charge in [0.25, 0.3) is 0 Å². The molecule has 2 heterocycles. The van der Waals surface area contributed by atoms with E-state index in [2.05, 4.69) is 10.00 Å². The van der Waals surface area contributed by atoms with Crippen LogP contribution in [0.3, 0.4) is 0 Å². The Kier molecular flexibility index (Phi) is 7.01. The Morgan fingerprint density at radius 3 is 2.37 bits per heavy atom. The first kappa shape index (κ1) is 23.3. The molecule has 0 saturated carbocycles. The van der Waals surface area contributed by atoms with Crippen LogP contribution in [0.5, 0.6) is 5.75 Å². The van der Waals surface area contributed by atoms with Crippen LogP contribution in [0.4, 0.5) is 18.9 Å². The third-order valence-electron chi connectivity index (χ3n) is 5.49. The highest BCUT2D eigenvalue weighted by Crippen LogP contribution is 2.38. The van der Waals surface area contributed by atoms with Gasteiger partial charge < -0.3 is 15.4 Å². The number of ether oxygens (including phenoxy) is 1. The van der Waals surface area contributed by atoms with Crippen molar-refractivity contribution in [2.75, 3.05) is 25.1 Å². The molecule has 1 aliphatic rings. The summed E-state index contributed by atoms with van der Waals surface area (Å²) in [6.07, 6.45) is -3.06. The van der Waals surface area contributed by atoms with Crippen molar-refractivity contribution in [2.24, 2.45) is 11.7 Å². The summed E-state index contributed by atoms with van der Waals surface area (Å²) in [5.74, 6) is 0.673. The standard InChI is InChI=1S/C19H22Cl3F3N4O/c1-10-17(22)18(19(23,24)25)27-29(10)9-14(26)11-3-5-28(6-4-11)15-8-16(30-2)13(21)7-12(15)20/h7-8,11,14H,3-6,9,26H2,1-2H3. The molecule has 0 aliphatic carbocycles. The maximum Gasteiger partial charge on any atom is 0.436 e.